The van der Waals surface area contributed by atoms with Crippen LogP contribution in [0.2, 0.25) is 10.0 Å². The van der Waals surface area contributed by atoms with Gasteiger partial charge in [-0.2, -0.15) is 0 Å². The van der Waals surface area contributed by atoms with Crippen LogP contribution in [0.1, 0.15) is 70.2 Å². The molecule has 0 saturated heterocycles. The number of hydrogen-bond acceptors (Lipinski definition) is 10. The van der Waals surface area contributed by atoms with Crippen molar-refractivity contribution in [1.29, 1.82) is 0 Å². The highest BCUT2D eigenvalue weighted by molar-refractivity contribution is 9.10. The first-order valence-corrected chi connectivity index (χ1v) is 24.8. The average Bonchev–Trinajstić information content (AvgIpc) is 3.87. The van der Waals surface area contributed by atoms with Crippen molar-refractivity contribution in [3.05, 3.63) is 192 Å². The molecule has 2 unspecified atom stereocenters. The first kappa shape index (κ1) is 46.5. The van der Waals surface area contributed by atoms with Crippen LogP contribution in [0.5, 0.6) is 0 Å². The van der Waals surface area contributed by atoms with Crippen molar-refractivity contribution >= 4 is 63.6 Å². The van der Waals surface area contributed by atoms with Gasteiger partial charge in [0.2, 0.25) is 23.4 Å². The van der Waals surface area contributed by atoms with Gasteiger partial charge in [0.1, 0.15) is 0 Å². The van der Waals surface area contributed by atoms with Gasteiger partial charge in [0.15, 0.2) is 0 Å². The molecule has 0 aromatic heterocycles. The van der Waals surface area contributed by atoms with Gasteiger partial charge in [0.05, 0.1) is 0 Å². The number of fused-ring (bicyclic) bond motifs is 8. The third-order valence-corrected chi connectivity index (χ3v) is 16.1. The summed E-state index contributed by atoms with van der Waals surface area (Å²) in [5.41, 5.74) is 24.1. The zero-order valence-corrected chi connectivity index (χ0v) is 41.2. The van der Waals surface area contributed by atoms with Crippen molar-refractivity contribution in [2.75, 3.05) is 14.1 Å². The number of aryl methyl sites for hydroxylation is 4. The van der Waals surface area contributed by atoms with E-state index in [2.05, 4.69) is 107 Å². The van der Waals surface area contributed by atoms with Crippen LogP contribution < -0.4 is 16.9 Å². The first-order valence-electron chi connectivity index (χ1n) is 23.2. The maximum atomic E-state index is 8.65. The lowest BCUT2D eigenvalue weighted by Crippen LogP contribution is -2.43. The van der Waals surface area contributed by atoms with Gasteiger partial charge >= 0.3 is 7.12 Å². The predicted molar refractivity (Wildman–Crippen MR) is 275 cm³/mol. The molecule has 6 aromatic carbocycles. The number of guanidine groups is 2. The van der Waals surface area contributed by atoms with Crippen molar-refractivity contribution in [3.63, 3.8) is 0 Å². The smallest absolute Gasteiger partial charge is 0.423 e. The van der Waals surface area contributed by atoms with Gasteiger partial charge in [0.25, 0.3) is 0 Å². The first-order chi connectivity index (χ1) is 32.7. The number of benzene rings is 6. The Kier molecular flexibility index (Phi) is 12.5. The molecule has 0 fully saturated rings. The van der Waals surface area contributed by atoms with Crippen LogP contribution in [0, 0.1) is 10.8 Å². The summed E-state index contributed by atoms with van der Waals surface area (Å²) in [4.78, 5) is 23.0. The summed E-state index contributed by atoms with van der Waals surface area (Å²) in [5.74, 6) is 0.895. The second-order valence-electron chi connectivity index (χ2n) is 19.0. The Hall–Kier alpha value is -5.18. The molecule has 2 aliphatic heterocycles. The molecule has 6 N–H and O–H groups in total. The van der Waals surface area contributed by atoms with Crippen molar-refractivity contribution in [3.8, 4) is 11.1 Å². The summed E-state index contributed by atoms with van der Waals surface area (Å²) in [6.07, 6.45) is 10.2. The van der Waals surface area contributed by atoms with E-state index in [9.17, 15) is 0 Å². The standard InChI is InChI=1S/C27H26ClN3O.C21H22BrN3O.C6H6BClO2/c1-31-25(29)30-27(32-31)24-16-21(20-7-4-8-23(28)15-20)9-10-22(24)17-26(27)13-11-18-5-2-3-6-19(18)12-14-26;1-25-19(23)24-21(26-25)18-12-17(22)7-6-16(18)13-20(21)10-8-14-4-2-3-5-15(14)9-11-20;8-6-3-1-2-5(4-6)7(9)10/h2-10,15-16H,11-14,17H2,1H3,(H2,29,30);2-7,12H,8-11,13H2,1H3,(H2,23,24);1-4,9-10H. The number of hydrogen-bond donors (Lipinski definition) is 4. The number of nitrogens with two attached hydrogens (primary N) is 2. The number of halogens is 3. The maximum Gasteiger partial charge on any atom is 0.488 e. The lowest BCUT2D eigenvalue weighted by molar-refractivity contribution is -0.224. The van der Waals surface area contributed by atoms with Crippen molar-refractivity contribution in [2.24, 2.45) is 32.3 Å². The van der Waals surface area contributed by atoms with Crippen molar-refractivity contribution < 1.29 is 19.7 Å². The van der Waals surface area contributed by atoms with Crippen molar-refractivity contribution in [1.82, 2.24) is 10.1 Å². The summed E-state index contributed by atoms with van der Waals surface area (Å²) in [6, 6.07) is 45.2. The van der Waals surface area contributed by atoms with E-state index in [1.54, 1.807) is 28.3 Å². The van der Waals surface area contributed by atoms with Crippen LogP contribution in [-0.2, 0) is 59.7 Å². The van der Waals surface area contributed by atoms with E-state index in [1.807, 2.05) is 32.3 Å². The van der Waals surface area contributed by atoms with Crippen LogP contribution >= 0.6 is 39.1 Å². The van der Waals surface area contributed by atoms with E-state index in [4.69, 9.17) is 64.4 Å². The van der Waals surface area contributed by atoms with E-state index in [0.717, 1.165) is 96.0 Å². The Bertz CT molecular complexity index is 2920. The molecule has 6 aromatic rings. The number of nitrogens with zero attached hydrogens (tertiary/aromatic N) is 4. The lowest BCUT2D eigenvalue weighted by Gasteiger charge is -2.40. The fourth-order valence-electron chi connectivity index (χ4n) is 11.6. The molecule has 10 nitrogen and oxygen atoms in total. The second-order valence-corrected chi connectivity index (χ2v) is 20.8. The van der Waals surface area contributed by atoms with E-state index in [0.29, 0.717) is 22.4 Å². The summed E-state index contributed by atoms with van der Waals surface area (Å²) >= 11 is 15.5. The zero-order valence-electron chi connectivity index (χ0n) is 38.1. The Morgan fingerprint density at radius 3 is 1.41 bits per heavy atom. The van der Waals surface area contributed by atoms with Gasteiger partial charge in [-0.25, -0.2) is 29.8 Å². The number of rotatable bonds is 2. The van der Waals surface area contributed by atoms with Crippen molar-refractivity contribution in [2.45, 2.75) is 75.7 Å². The summed E-state index contributed by atoms with van der Waals surface area (Å²) in [7, 11) is 2.27. The van der Waals surface area contributed by atoms with Gasteiger partial charge < -0.3 is 21.5 Å². The van der Waals surface area contributed by atoms with Crippen LogP contribution in [0.25, 0.3) is 11.1 Å². The van der Waals surface area contributed by atoms with Crippen LogP contribution in [-0.4, -0.2) is 53.3 Å². The largest absolute Gasteiger partial charge is 0.488 e. The molecular weight excluding hydrogens is 958 g/mol. The van der Waals surface area contributed by atoms with Gasteiger partial charge in [0, 0.05) is 50.6 Å². The second kappa shape index (κ2) is 18.3. The van der Waals surface area contributed by atoms with E-state index in [-0.39, 0.29) is 10.8 Å². The summed E-state index contributed by atoms with van der Waals surface area (Å²) < 4.78 is 1.05. The molecule has 0 bridgehead atoms. The zero-order chi connectivity index (χ0) is 47.4. The Morgan fingerprint density at radius 1 is 0.544 bits per heavy atom. The molecule has 0 radical (unpaired) electrons. The maximum absolute atomic E-state index is 8.65. The Morgan fingerprint density at radius 2 is 0.985 bits per heavy atom. The highest BCUT2D eigenvalue weighted by atomic mass is 79.9. The molecule has 348 valence electrons. The normalized spacial score (nSPS) is 22.2. The summed E-state index contributed by atoms with van der Waals surface area (Å²) in [6.45, 7) is 0. The number of hydroxylamine groups is 4. The molecule has 4 aliphatic carbocycles. The lowest BCUT2D eigenvalue weighted by atomic mass is 9.71. The number of aliphatic imine (C=N–C) groups is 2. The fourth-order valence-corrected chi connectivity index (χ4v) is 12.4. The SMILES string of the molecule is CN1OC2(N=C1N)c1cc(-c3cccc(Cl)c3)ccc1CC21CCc2ccccc2CC1.CN1OC2(N=C1N)c1cc(Br)ccc1CC21CCc2ccccc2CC1.OB(O)c1cccc(Cl)c1. The van der Waals surface area contributed by atoms with E-state index < -0.39 is 18.6 Å². The molecule has 2 atom stereocenters. The molecule has 0 saturated carbocycles. The van der Waals surface area contributed by atoms with Gasteiger partial charge in [-0.3, -0.25) is 0 Å². The topological polar surface area (TPSA) is 142 Å². The van der Waals surface area contributed by atoms with Gasteiger partial charge in [-0.15, -0.1) is 0 Å². The minimum Gasteiger partial charge on any atom is -0.423 e. The Labute approximate surface area is 416 Å². The Balaban J connectivity index is 0.000000134. The molecule has 2 heterocycles. The molecule has 4 spiro atoms. The fraction of sp³-hybridized carbons (Fsp3) is 0.296. The quantitative estimate of drug-likeness (QED) is 0.126. The molecule has 6 aliphatic rings. The van der Waals surface area contributed by atoms with Crippen LogP contribution in [0.4, 0.5) is 0 Å². The van der Waals surface area contributed by atoms with E-state index >= 15 is 0 Å². The van der Waals surface area contributed by atoms with Gasteiger partial charge in [-0.1, -0.05) is 130 Å². The molecule has 68 heavy (non-hydrogen) atoms. The molecule has 12 rings (SSSR count). The average molecular weight is 1010 g/mol. The van der Waals surface area contributed by atoms with Crippen LogP contribution in [0.15, 0.2) is 148 Å². The highest BCUT2D eigenvalue weighted by Gasteiger charge is 2.64. The third-order valence-electron chi connectivity index (χ3n) is 15.2. The monoisotopic (exact) mass is 1010 g/mol. The van der Waals surface area contributed by atoms with Gasteiger partial charge in [-0.05, 0) is 157 Å². The highest BCUT2D eigenvalue weighted by Crippen LogP contribution is 2.62. The molecule has 0 amide bonds. The molecular formula is C54H54BBrCl2N6O4. The summed E-state index contributed by atoms with van der Waals surface area (Å²) in [5, 5.41) is 21.8. The third kappa shape index (κ3) is 8.21. The van der Waals surface area contributed by atoms with E-state index in [1.165, 1.54) is 39.4 Å². The van der Waals surface area contributed by atoms with Crippen LogP contribution in [0.3, 0.4) is 0 Å². The minimum absolute atomic E-state index is 0.0788. The molecule has 14 heteroatoms. The minimum atomic E-state index is -1.43. The predicted octanol–water partition coefficient (Wildman–Crippen LogP) is 9.41.